The van der Waals surface area contributed by atoms with Crippen molar-refractivity contribution in [1.82, 2.24) is 14.3 Å². The van der Waals surface area contributed by atoms with E-state index in [2.05, 4.69) is 9.71 Å². The first-order chi connectivity index (χ1) is 9.97. The van der Waals surface area contributed by atoms with E-state index >= 15 is 0 Å². The molecule has 2 aromatic heterocycles. The Morgan fingerprint density at radius 2 is 2.19 bits per heavy atom. The van der Waals surface area contributed by atoms with Crippen molar-refractivity contribution in [3.05, 3.63) is 48.0 Å². The van der Waals surface area contributed by atoms with Crippen LogP contribution >= 0.6 is 0 Å². The van der Waals surface area contributed by atoms with Gasteiger partial charge in [-0.1, -0.05) is 6.07 Å². The Morgan fingerprint density at radius 3 is 2.71 bits per heavy atom. The lowest BCUT2D eigenvalue weighted by molar-refractivity contribution is 0.271. The molecule has 0 amide bonds. The van der Waals surface area contributed by atoms with Gasteiger partial charge in [0.25, 0.3) is 0 Å². The molecule has 0 fully saturated rings. The molecule has 0 aliphatic heterocycles. The average molecular weight is 309 g/mol. The fourth-order valence-corrected chi connectivity index (χ4v) is 3.37. The van der Waals surface area contributed by atoms with Crippen LogP contribution in [0.5, 0.6) is 0 Å². The molecule has 7 heteroatoms. The van der Waals surface area contributed by atoms with Crippen molar-refractivity contribution in [2.45, 2.75) is 37.9 Å². The summed E-state index contributed by atoms with van der Waals surface area (Å²) in [7, 11) is -3.65. The highest BCUT2D eigenvalue weighted by Gasteiger charge is 2.21. The lowest BCUT2D eigenvalue weighted by Crippen LogP contribution is -2.27. The Bertz CT molecular complexity index is 674. The van der Waals surface area contributed by atoms with Crippen LogP contribution < -0.4 is 4.72 Å². The molecule has 1 unspecified atom stereocenters. The molecule has 0 bridgehead atoms. The van der Waals surface area contributed by atoms with Crippen molar-refractivity contribution < 1.29 is 13.5 Å². The van der Waals surface area contributed by atoms with Crippen molar-refractivity contribution >= 4 is 10.0 Å². The third kappa shape index (κ3) is 3.49. The number of rotatable bonds is 6. The summed E-state index contributed by atoms with van der Waals surface area (Å²) in [5, 5.41) is 9.24. The topological polar surface area (TPSA) is 84.2 Å². The molecule has 2 rings (SSSR count). The van der Waals surface area contributed by atoms with E-state index in [1.54, 1.807) is 29.8 Å². The van der Waals surface area contributed by atoms with Gasteiger partial charge in [0, 0.05) is 24.6 Å². The van der Waals surface area contributed by atoms with E-state index < -0.39 is 16.1 Å². The zero-order chi connectivity index (χ0) is 15.5. The largest absolute Gasteiger partial charge is 0.390 e. The van der Waals surface area contributed by atoms with E-state index in [1.165, 1.54) is 12.3 Å². The molecule has 0 spiro atoms. The van der Waals surface area contributed by atoms with Crippen LogP contribution in [-0.2, 0) is 23.2 Å². The molecule has 114 valence electrons. The van der Waals surface area contributed by atoms with Gasteiger partial charge >= 0.3 is 0 Å². The molecule has 0 radical (unpaired) electrons. The zero-order valence-corrected chi connectivity index (χ0v) is 12.8. The van der Waals surface area contributed by atoms with E-state index in [-0.39, 0.29) is 11.5 Å². The van der Waals surface area contributed by atoms with E-state index in [1.807, 2.05) is 13.0 Å². The summed E-state index contributed by atoms with van der Waals surface area (Å²) in [6.07, 6.45) is 3.15. The third-order valence-electron chi connectivity index (χ3n) is 3.24. The van der Waals surface area contributed by atoms with Crippen LogP contribution in [0.2, 0.25) is 0 Å². The minimum Gasteiger partial charge on any atom is -0.390 e. The molecule has 2 heterocycles. The molecule has 2 N–H and O–H groups in total. The number of aryl methyl sites for hydroxylation is 1. The van der Waals surface area contributed by atoms with Gasteiger partial charge in [0.05, 0.1) is 23.2 Å². The number of hydrogen-bond acceptors (Lipinski definition) is 4. The quantitative estimate of drug-likeness (QED) is 0.845. The van der Waals surface area contributed by atoms with Gasteiger partial charge in [0.15, 0.2) is 0 Å². The molecule has 0 saturated carbocycles. The molecule has 0 saturated heterocycles. The van der Waals surface area contributed by atoms with E-state index in [0.29, 0.717) is 17.9 Å². The van der Waals surface area contributed by atoms with Gasteiger partial charge in [-0.05, 0) is 32.0 Å². The standard InChI is InChI=1S/C14H19N3O3S/c1-3-17-9-13(8-12(17)10-18)21(19,20)16-11(2)14-6-4-5-7-15-14/h4-9,11,16,18H,3,10H2,1-2H3. The second kappa shape index (κ2) is 6.38. The molecule has 0 aliphatic carbocycles. The maximum absolute atomic E-state index is 12.4. The molecule has 0 aliphatic rings. The van der Waals surface area contributed by atoms with Crippen molar-refractivity contribution in [1.29, 1.82) is 0 Å². The summed E-state index contributed by atoms with van der Waals surface area (Å²) in [6.45, 7) is 4.03. The van der Waals surface area contributed by atoms with Gasteiger partial charge in [-0.2, -0.15) is 0 Å². The number of aliphatic hydroxyl groups excluding tert-OH is 1. The van der Waals surface area contributed by atoms with Gasteiger partial charge < -0.3 is 9.67 Å². The highest BCUT2D eigenvalue weighted by molar-refractivity contribution is 7.89. The number of nitrogens with zero attached hydrogens (tertiary/aromatic N) is 2. The first-order valence-electron chi connectivity index (χ1n) is 6.71. The van der Waals surface area contributed by atoms with Gasteiger partial charge in [-0.25, -0.2) is 13.1 Å². The van der Waals surface area contributed by atoms with E-state index in [9.17, 15) is 13.5 Å². The fraction of sp³-hybridized carbons (Fsp3) is 0.357. The minimum absolute atomic E-state index is 0.149. The molecule has 1 atom stereocenters. The predicted octanol–water partition coefficient (Wildman–Crippen LogP) is 1.43. The molecule has 0 aromatic carbocycles. The van der Waals surface area contributed by atoms with Crippen molar-refractivity contribution in [2.24, 2.45) is 0 Å². The Balaban J connectivity index is 2.24. The maximum Gasteiger partial charge on any atom is 0.242 e. The van der Waals surface area contributed by atoms with E-state index in [0.717, 1.165) is 0 Å². The highest BCUT2D eigenvalue weighted by atomic mass is 32.2. The smallest absolute Gasteiger partial charge is 0.242 e. The number of hydrogen-bond donors (Lipinski definition) is 2. The lowest BCUT2D eigenvalue weighted by Gasteiger charge is -2.12. The Labute approximate surface area is 124 Å². The van der Waals surface area contributed by atoms with Crippen molar-refractivity contribution in [3.8, 4) is 0 Å². The molecule has 2 aromatic rings. The Morgan fingerprint density at radius 1 is 1.43 bits per heavy atom. The maximum atomic E-state index is 12.4. The summed E-state index contributed by atoms with van der Waals surface area (Å²) in [5.41, 5.74) is 1.22. The summed E-state index contributed by atoms with van der Waals surface area (Å²) >= 11 is 0. The summed E-state index contributed by atoms with van der Waals surface area (Å²) in [6, 6.07) is 6.41. The molecule has 6 nitrogen and oxygen atoms in total. The van der Waals surface area contributed by atoms with Gasteiger partial charge in [-0.15, -0.1) is 0 Å². The monoisotopic (exact) mass is 309 g/mol. The molecular formula is C14H19N3O3S. The second-order valence-electron chi connectivity index (χ2n) is 4.71. The summed E-state index contributed by atoms with van der Waals surface area (Å²) in [5.74, 6) is 0. The van der Waals surface area contributed by atoms with Crippen LogP contribution in [0.15, 0.2) is 41.6 Å². The van der Waals surface area contributed by atoms with Gasteiger partial charge in [-0.3, -0.25) is 4.98 Å². The Kier molecular flexibility index (Phi) is 4.76. The SMILES string of the molecule is CCn1cc(S(=O)(=O)NC(C)c2ccccn2)cc1CO. The number of aromatic nitrogens is 2. The zero-order valence-electron chi connectivity index (χ0n) is 12.0. The van der Waals surface area contributed by atoms with Crippen LogP contribution in [0.4, 0.5) is 0 Å². The molecular weight excluding hydrogens is 290 g/mol. The second-order valence-corrected chi connectivity index (χ2v) is 6.42. The summed E-state index contributed by atoms with van der Waals surface area (Å²) in [4.78, 5) is 4.29. The fourth-order valence-electron chi connectivity index (χ4n) is 2.09. The lowest BCUT2D eigenvalue weighted by atomic mass is 10.2. The highest BCUT2D eigenvalue weighted by Crippen LogP contribution is 2.18. The van der Waals surface area contributed by atoms with Crippen molar-refractivity contribution in [3.63, 3.8) is 0 Å². The van der Waals surface area contributed by atoms with Crippen molar-refractivity contribution in [2.75, 3.05) is 0 Å². The predicted molar refractivity (Wildman–Crippen MR) is 79.0 cm³/mol. The van der Waals surface area contributed by atoms with Crippen LogP contribution in [0.3, 0.4) is 0 Å². The van der Waals surface area contributed by atoms with Gasteiger partial charge in [0.2, 0.25) is 10.0 Å². The first-order valence-corrected chi connectivity index (χ1v) is 8.19. The number of sulfonamides is 1. The minimum atomic E-state index is -3.65. The first kappa shape index (κ1) is 15.7. The number of nitrogens with one attached hydrogen (secondary N) is 1. The Hall–Kier alpha value is -1.70. The number of aliphatic hydroxyl groups is 1. The molecule has 21 heavy (non-hydrogen) atoms. The van der Waals surface area contributed by atoms with Crippen LogP contribution in [0, 0.1) is 0 Å². The van der Waals surface area contributed by atoms with Gasteiger partial charge in [0.1, 0.15) is 0 Å². The normalized spacial score (nSPS) is 13.3. The average Bonchev–Trinajstić information content (AvgIpc) is 2.92. The third-order valence-corrected chi connectivity index (χ3v) is 4.74. The van der Waals surface area contributed by atoms with Crippen LogP contribution in [0.1, 0.15) is 31.3 Å². The van der Waals surface area contributed by atoms with E-state index in [4.69, 9.17) is 0 Å². The number of pyridine rings is 1. The van der Waals surface area contributed by atoms with Crippen LogP contribution in [0.25, 0.3) is 0 Å². The van der Waals surface area contributed by atoms with Crippen LogP contribution in [-0.4, -0.2) is 23.1 Å². The summed E-state index contributed by atoms with van der Waals surface area (Å²) < 4.78 is 29.1.